The van der Waals surface area contributed by atoms with E-state index >= 15 is 0 Å². The molecular formula is C13H17BrN2O3S. The van der Waals surface area contributed by atoms with Crippen molar-refractivity contribution in [2.24, 2.45) is 5.92 Å². The number of carbonyl (C=O) groups is 2. The molecule has 1 atom stereocenters. The van der Waals surface area contributed by atoms with Gasteiger partial charge in [-0.25, -0.2) is 9.59 Å². The van der Waals surface area contributed by atoms with E-state index in [2.05, 4.69) is 26.6 Å². The number of hydrogen-bond acceptors (Lipinski definition) is 3. The monoisotopic (exact) mass is 360 g/mol. The molecule has 0 heterocycles. The molecule has 0 aliphatic heterocycles. The first kappa shape index (κ1) is 16.8. The third kappa shape index (κ3) is 5.42. The standard InChI is InChI=1S/C13H17BrN2O3S/c1-8(7-20-2)6-15-13(19)16-11-5-9(14)3-4-10(11)12(17)18/h3-5,8H,6-7H2,1-2H3,(H,17,18)(H2,15,16,19). The van der Waals surface area contributed by atoms with Gasteiger partial charge in [-0.2, -0.15) is 11.8 Å². The number of nitrogens with one attached hydrogen (secondary N) is 2. The molecule has 0 saturated carbocycles. The number of carbonyl (C=O) groups excluding carboxylic acids is 1. The minimum absolute atomic E-state index is 0.0560. The third-order valence-corrected chi connectivity index (χ3v) is 3.92. The van der Waals surface area contributed by atoms with Crippen LogP contribution in [0.4, 0.5) is 10.5 Å². The van der Waals surface area contributed by atoms with E-state index in [0.29, 0.717) is 16.9 Å². The van der Waals surface area contributed by atoms with Crippen molar-refractivity contribution in [1.29, 1.82) is 0 Å². The Hall–Kier alpha value is -1.21. The Labute approximate surface area is 130 Å². The van der Waals surface area contributed by atoms with E-state index < -0.39 is 12.0 Å². The Balaban J connectivity index is 2.66. The molecule has 0 radical (unpaired) electrons. The van der Waals surface area contributed by atoms with Crippen molar-refractivity contribution in [1.82, 2.24) is 5.32 Å². The number of anilines is 1. The zero-order valence-corrected chi connectivity index (χ0v) is 13.7. The van der Waals surface area contributed by atoms with Crippen LogP contribution in [0.1, 0.15) is 17.3 Å². The molecule has 0 spiro atoms. The van der Waals surface area contributed by atoms with Gasteiger partial charge in [0.25, 0.3) is 0 Å². The molecule has 1 rings (SSSR count). The molecule has 110 valence electrons. The largest absolute Gasteiger partial charge is 0.478 e. The van der Waals surface area contributed by atoms with E-state index in [4.69, 9.17) is 5.11 Å². The van der Waals surface area contributed by atoms with Crippen LogP contribution in [0.3, 0.4) is 0 Å². The van der Waals surface area contributed by atoms with E-state index in [1.165, 1.54) is 6.07 Å². The molecule has 0 fully saturated rings. The predicted molar refractivity (Wildman–Crippen MR) is 85.7 cm³/mol. The first-order valence-corrected chi connectivity index (χ1v) is 8.19. The summed E-state index contributed by atoms with van der Waals surface area (Å²) in [5.41, 5.74) is 0.322. The smallest absolute Gasteiger partial charge is 0.337 e. The number of amides is 2. The molecule has 0 bridgehead atoms. The lowest BCUT2D eigenvalue weighted by molar-refractivity contribution is 0.0698. The number of hydrogen-bond donors (Lipinski definition) is 3. The van der Waals surface area contributed by atoms with Gasteiger partial charge in [0.1, 0.15) is 0 Å². The zero-order chi connectivity index (χ0) is 15.1. The third-order valence-electron chi connectivity index (χ3n) is 2.52. The minimum atomic E-state index is -1.08. The summed E-state index contributed by atoms with van der Waals surface area (Å²) < 4.78 is 0.702. The molecular weight excluding hydrogens is 344 g/mol. The van der Waals surface area contributed by atoms with Crippen molar-refractivity contribution in [2.75, 3.05) is 23.9 Å². The lowest BCUT2D eigenvalue weighted by atomic mass is 10.2. The fraction of sp³-hybridized carbons (Fsp3) is 0.385. The number of rotatable bonds is 6. The molecule has 2 amide bonds. The molecule has 5 nitrogen and oxygen atoms in total. The Morgan fingerprint density at radius 3 is 2.75 bits per heavy atom. The van der Waals surface area contributed by atoms with Crippen LogP contribution in [-0.2, 0) is 0 Å². The molecule has 0 aliphatic carbocycles. The average molecular weight is 361 g/mol. The topological polar surface area (TPSA) is 78.4 Å². The molecule has 0 aromatic heterocycles. The number of thioether (sulfide) groups is 1. The van der Waals surface area contributed by atoms with Crippen LogP contribution < -0.4 is 10.6 Å². The lowest BCUT2D eigenvalue weighted by Crippen LogP contribution is -2.33. The van der Waals surface area contributed by atoms with Crippen molar-refractivity contribution < 1.29 is 14.7 Å². The van der Waals surface area contributed by atoms with Gasteiger partial charge in [-0.05, 0) is 36.1 Å². The maximum absolute atomic E-state index is 11.8. The van der Waals surface area contributed by atoms with Gasteiger partial charge in [-0.1, -0.05) is 22.9 Å². The number of carboxylic acid groups (broad SMARTS) is 1. The average Bonchev–Trinajstić information content (AvgIpc) is 2.36. The van der Waals surface area contributed by atoms with Crippen molar-refractivity contribution in [3.05, 3.63) is 28.2 Å². The summed E-state index contributed by atoms with van der Waals surface area (Å²) >= 11 is 4.97. The Kier molecular flexibility index (Phi) is 6.87. The van der Waals surface area contributed by atoms with E-state index in [1.54, 1.807) is 23.9 Å². The Morgan fingerprint density at radius 2 is 2.15 bits per heavy atom. The maximum Gasteiger partial charge on any atom is 0.337 e. The van der Waals surface area contributed by atoms with Crippen LogP contribution in [0.5, 0.6) is 0 Å². The molecule has 1 unspecified atom stereocenters. The second-order valence-electron chi connectivity index (χ2n) is 4.39. The zero-order valence-electron chi connectivity index (χ0n) is 11.3. The van der Waals surface area contributed by atoms with Crippen molar-refractivity contribution in [3.8, 4) is 0 Å². The van der Waals surface area contributed by atoms with Crippen molar-refractivity contribution >= 4 is 45.4 Å². The summed E-state index contributed by atoms with van der Waals surface area (Å²) in [5, 5.41) is 14.4. The van der Waals surface area contributed by atoms with E-state index in [0.717, 1.165) is 5.75 Å². The second-order valence-corrected chi connectivity index (χ2v) is 6.22. The molecule has 3 N–H and O–H groups in total. The van der Waals surface area contributed by atoms with Gasteiger partial charge in [0.15, 0.2) is 0 Å². The van der Waals surface area contributed by atoms with Gasteiger partial charge < -0.3 is 15.7 Å². The summed E-state index contributed by atoms with van der Waals surface area (Å²) in [7, 11) is 0. The van der Waals surface area contributed by atoms with Gasteiger partial charge in [0, 0.05) is 11.0 Å². The Bertz CT molecular complexity index is 497. The molecule has 1 aromatic carbocycles. The van der Waals surface area contributed by atoms with Crippen LogP contribution >= 0.6 is 27.7 Å². The first-order valence-electron chi connectivity index (χ1n) is 6.00. The fourth-order valence-corrected chi connectivity index (χ4v) is 2.63. The minimum Gasteiger partial charge on any atom is -0.478 e. The van der Waals surface area contributed by atoms with Gasteiger partial charge in [-0.15, -0.1) is 0 Å². The second kappa shape index (κ2) is 8.16. The maximum atomic E-state index is 11.8. The number of halogens is 1. The van der Waals surface area contributed by atoms with E-state index in [-0.39, 0.29) is 11.3 Å². The Morgan fingerprint density at radius 1 is 1.45 bits per heavy atom. The summed E-state index contributed by atoms with van der Waals surface area (Å²) in [6, 6.07) is 4.22. The van der Waals surface area contributed by atoms with Crippen molar-refractivity contribution in [2.45, 2.75) is 6.92 Å². The fourth-order valence-electron chi connectivity index (χ4n) is 1.58. The predicted octanol–water partition coefficient (Wildman–Crippen LogP) is 3.27. The molecule has 0 aliphatic rings. The van der Waals surface area contributed by atoms with Crippen LogP contribution in [0.2, 0.25) is 0 Å². The van der Waals surface area contributed by atoms with Crippen LogP contribution in [-0.4, -0.2) is 35.7 Å². The molecule has 7 heteroatoms. The molecule has 1 aromatic rings. The molecule has 0 saturated heterocycles. The number of aromatic carboxylic acids is 1. The van der Waals surface area contributed by atoms with Gasteiger partial charge in [0.05, 0.1) is 11.3 Å². The lowest BCUT2D eigenvalue weighted by Gasteiger charge is -2.13. The van der Waals surface area contributed by atoms with Crippen LogP contribution in [0.25, 0.3) is 0 Å². The SMILES string of the molecule is CSCC(C)CNC(=O)Nc1cc(Br)ccc1C(=O)O. The summed E-state index contributed by atoms with van der Waals surface area (Å²) in [6.07, 6.45) is 2.01. The number of carboxylic acids is 1. The van der Waals surface area contributed by atoms with Gasteiger partial charge in [-0.3, -0.25) is 0 Å². The quantitative estimate of drug-likeness (QED) is 0.727. The number of benzene rings is 1. The van der Waals surface area contributed by atoms with E-state index in [1.807, 2.05) is 13.2 Å². The first-order chi connectivity index (χ1) is 9.43. The molecule has 20 heavy (non-hydrogen) atoms. The van der Waals surface area contributed by atoms with Gasteiger partial charge >= 0.3 is 12.0 Å². The highest BCUT2D eigenvalue weighted by Crippen LogP contribution is 2.21. The summed E-state index contributed by atoms with van der Waals surface area (Å²) in [6.45, 7) is 2.58. The summed E-state index contributed by atoms with van der Waals surface area (Å²) in [4.78, 5) is 22.8. The highest BCUT2D eigenvalue weighted by Gasteiger charge is 2.13. The van der Waals surface area contributed by atoms with E-state index in [9.17, 15) is 9.59 Å². The highest BCUT2D eigenvalue weighted by molar-refractivity contribution is 9.10. The van der Waals surface area contributed by atoms with Crippen LogP contribution in [0, 0.1) is 5.92 Å². The van der Waals surface area contributed by atoms with Crippen LogP contribution in [0.15, 0.2) is 22.7 Å². The van der Waals surface area contributed by atoms with Gasteiger partial charge in [0.2, 0.25) is 0 Å². The normalized spacial score (nSPS) is 11.8. The number of urea groups is 1. The summed E-state index contributed by atoms with van der Waals surface area (Å²) in [5.74, 6) is 0.234. The van der Waals surface area contributed by atoms with Crippen molar-refractivity contribution in [3.63, 3.8) is 0 Å². The highest BCUT2D eigenvalue weighted by atomic mass is 79.9.